The molecule has 0 saturated heterocycles. The first-order valence-corrected chi connectivity index (χ1v) is 6.71. The summed E-state index contributed by atoms with van der Waals surface area (Å²) >= 11 is 0. The lowest BCUT2D eigenvalue weighted by Gasteiger charge is -2.40. The van der Waals surface area contributed by atoms with Gasteiger partial charge < -0.3 is 9.42 Å². The lowest BCUT2D eigenvalue weighted by molar-refractivity contribution is -0.840. The van der Waals surface area contributed by atoms with E-state index in [9.17, 15) is 8.42 Å². The van der Waals surface area contributed by atoms with Crippen LogP contribution in [0.25, 0.3) is 4.83 Å². The van der Waals surface area contributed by atoms with Crippen molar-refractivity contribution in [3.63, 3.8) is 0 Å². The Labute approximate surface area is 103 Å². The zero-order valence-corrected chi connectivity index (χ0v) is 11.2. The molecule has 0 fully saturated rings. The first-order valence-electron chi connectivity index (χ1n) is 5.27. The molecular weight excluding hydrogens is 236 g/mol. The van der Waals surface area contributed by atoms with E-state index in [1.165, 1.54) is 0 Å². The van der Waals surface area contributed by atoms with Gasteiger partial charge in [-0.2, -0.15) is 0 Å². The van der Waals surface area contributed by atoms with Gasteiger partial charge in [0.25, 0.3) is 0 Å². The second kappa shape index (κ2) is 5.00. The van der Waals surface area contributed by atoms with Gasteiger partial charge in [0.2, 0.25) is 0 Å². The van der Waals surface area contributed by atoms with Crippen LogP contribution >= 0.6 is 0 Å². The van der Waals surface area contributed by atoms with Gasteiger partial charge in [0.15, 0.2) is 0 Å². The maximum Gasteiger partial charge on any atom is 0.142 e. The number of sulfonamides is 1. The first kappa shape index (κ1) is 13.9. The van der Waals surface area contributed by atoms with Crippen LogP contribution in [0.5, 0.6) is 0 Å². The summed E-state index contributed by atoms with van der Waals surface area (Å²) in [5.74, 6) is 0. The number of aryl methyl sites for hydroxylation is 1. The minimum Gasteiger partial charge on any atom is -0.382 e. The third-order valence-electron chi connectivity index (χ3n) is 2.22. The molecule has 94 valence electrons. The molecule has 1 aromatic carbocycles. The number of likely N-dealkylation sites (N-methyl/N-ethyl adjacent to an activating group) is 1. The van der Waals surface area contributed by atoms with E-state index in [0.717, 1.165) is 5.56 Å². The van der Waals surface area contributed by atoms with Crippen molar-refractivity contribution in [2.24, 2.45) is 0 Å². The summed E-state index contributed by atoms with van der Waals surface area (Å²) in [5, 5.41) is 0. The highest BCUT2D eigenvalue weighted by atomic mass is 32.2. The van der Waals surface area contributed by atoms with Gasteiger partial charge in [0.1, 0.15) is 10.0 Å². The highest BCUT2D eigenvalue weighted by Crippen LogP contribution is 2.22. The van der Waals surface area contributed by atoms with Gasteiger partial charge in [-0.3, -0.25) is 0 Å². The first-order chi connectivity index (χ1) is 7.77. The van der Waals surface area contributed by atoms with Crippen LogP contribution in [0.1, 0.15) is 5.56 Å². The number of quaternary nitrogens is 1. The van der Waals surface area contributed by atoms with Crippen molar-refractivity contribution in [3.8, 4) is 0 Å². The predicted octanol–water partition coefficient (Wildman–Crippen LogP) is 2.23. The Morgan fingerprint density at radius 3 is 2.29 bits per heavy atom. The topological polar surface area (TPSA) is 48.2 Å². The minimum atomic E-state index is -3.61. The molecule has 0 aliphatic carbocycles. The second-order valence-electron chi connectivity index (χ2n) is 4.46. The highest BCUT2D eigenvalue weighted by Gasteiger charge is 2.13. The maximum absolute atomic E-state index is 12.0. The molecule has 0 saturated carbocycles. The molecule has 0 bridgehead atoms. The number of benzene rings is 1. The van der Waals surface area contributed by atoms with E-state index >= 15 is 0 Å². The second-order valence-corrected chi connectivity index (χ2v) is 6.05. The van der Waals surface area contributed by atoms with E-state index in [1.807, 2.05) is 6.92 Å². The average Bonchev–Trinajstić information content (AvgIpc) is 2.16. The fraction of sp³-hybridized carbons (Fsp3) is 0.333. The Bertz CT molecular complexity index is 490. The third kappa shape index (κ3) is 3.96. The zero-order valence-electron chi connectivity index (χ0n) is 10.4. The van der Waals surface area contributed by atoms with E-state index < -0.39 is 10.0 Å². The monoisotopic (exact) mass is 254 g/mol. The van der Waals surface area contributed by atoms with Crippen molar-refractivity contribution in [1.82, 2.24) is 0 Å². The average molecular weight is 254 g/mol. The highest BCUT2D eigenvalue weighted by molar-refractivity contribution is 7.93. The van der Waals surface area contributed by atoms with Crippen LogP contribution in [0.3, 0.4) is 0 Å². The van der Waals surface area contributed by atoms with Crippen LogP contribution in [0, 0.1) is 6.92 Å². The molecule has 5 heteroatoms. The van der Waals surface area contributed by atoms with Crippen LogP contribution < -0.4 is 0 Å². The predicted molar refractivity (Wildman–Crippen MR) is 68.9 cm³/mol. The molecule has 0 radical (unpaired) electrons. The molecule has 17 heavy (non-hydrogen) atoms. The zero-order chi connectivity index (χ0) is 13.1. The van der Waals surface area contributed by atoms with Gasteiger partial charge in [-0.05, 0) is 25.1 Å². The van der Waals surface area contributed by atoms with Crippen molar-refractivity contribution in [1.29, 1.82) is 0 Å². The summed E-state index contributed by atoms with van der Waals surface area (Å²) in [4.78, 5) is 4.09. The molecule has 0 aliphatic heterocycles. The van der Waals surface area contributed by atoms with Crippen molar-refractivity contribution in [3.05, 3.63) is 47.3 Å². The smallest absolute Gasteiger partial charge is 0.142 e. The summed E-state index contributed by atoms with van der Waals surface area (Å²) in [7, 11) is -0.176. The molecule has 1 aromatic rings. The molecule has 0 aromatic heterocycles. The number of hydrogen-bond acceptors (Lipinski definition) is 2. The van der Waals surface area contributed by atoms with E-state index in [0.29, 0.717) is 6.54 Å². The van der Waals surface area contributed by atoms with Crippen molar-refractivity contribution in [2.75, 3.05) is 20.6 Å². The van der Waals surface area contributed by atoms with Gasteiger partial charge in [-0.25, -0.2) is 8.42 Å². The normalized spacial score (nSPS) is 12.4. The van der Waals surface area contributed by atoms with E-state index in [1.54, 1.807) is 44.4 Å². The molecule has 0 spiro atoms. The molecule has 0 aliphatic rings. The minimum absolute atomic E-state index is 0.0136. The number of hydrogen-bond donors (Lipinski definition) is 0. The molecule has 0 heterocycles. The summed E-state index contributed by atoms with van der Waals surface area (Å²) in [6.45, 7) is 5.96. The molecular formula is C12H18N2O2S. The molecule has 0 unspecified atom stereocenters. The Balaban J connectivity index is 2.96. The van der Waals surface area contributed by atoms with Crippen LogP contribution in [0.15, 0.2) is 41.8 Å². The SMILES string of the molecule is C=CC[N+](C)(C)[N-]S(=O)(=O)c1ccc(C)cc1. The largest absolute Gasteiger partial charge is 0.382 e. The fourth-order valence-corrected chi connectivity index (χ4v) is 2.62. The van der Waals surface area contributed by atoms with Gasteiger partial charge in [0, 0.05) is 0 Å². The van der Waals surface area contributed by atoms with Crippen LogP contribution in [-0.2, 0) is 10.0 Å². The van der Waals surface area contributed by atoms with Crippen molar-refractivity contribution < 1.29 is 13.0 Å². The Kier molecular flexibility index (Phi) is 4.08. The van der Waals surface area contributed by atoms with E-state index in [-0.39, 0.29) is 9.49 Å². The van der Waals surface area contributed by atoms with Crippen molar-refractivity contribution in [2.45, 2.75) is 11.8 Å². The van der Waals surface area contributed by atoms with Crippen LogP contribution in [0.2, 0.25) is 0 Å². The standard InChI is InChI=1S/C12H18N2O2S/c1-5-10-14(3,4)13-17(15,16)12-8-6-11(2)7-9-12/h5-9H,1,10H2,2-4H3. The molecule has 0 N–H and O–H groups in total. The molecule has 0 amide bonds. The maximum atomic E-state index is 12.0. The quantitative estimate of drug-likeness (QED) is 0.459. The molecule has 0 atom stereocenters. The fourth-order valence-electron chi connectivity index (χ4n) is 1.40. The van der Waals surface area contributed by atoms with Gasteiger partial charge >= 0.3 is 0 Å². The third-order valence-corrected chi connectivity index (χ3v) is 3.75. The Morgan fingerprint density at radius 2 is 1.82 bits per heavy atom. The van der Waals surface area contributed by atoms with Crippen LogP contribution in [0.4, 0.5) is 0 Å². The molecule has 4 nitrogen and oxygen atoms in total. The van der Waals surface area contributed by atoms with E-state index in [2.05, 4.69) is 11.4 Å². The summed E-state index contributed by atoms with van der Waals surface area (Å²) < 4.78 is 24.0. The Hall–Kier alpha value is -1.17. The van der Waals surface area contributed by atoms with Gasteiger partial charge in [0.05, 0.1) is 25.5 Å². The number of rotatable bonds is 5. The van der Waals surface area contributed by atoms with Gasteiger partial charge in [-0.15, -0.1) is 0 Å². The van der Waals surface area contributed by atoms with E-state index in [4.69, 9.17) is 0 Å². The van der Waals surface area contributed by atoms with Crippen LogP contribution in [-0.4, -0.2) is 33.6 Å². The number of nitrogens with zero attached hydrogens (tertiary/aromatic N) is 2. The molecule has 1 rings (SSSR count). The lowest BCUT2D eigenvalue weighted by Crippen LogP contribution is -2.36. The Morgan fingerprint density at radius 1 is 1.29 bits per heavy atom. The van der Waals surface area contributed by atoms with Gasteiger partial charge in [-0.1, -0.05) is 24.3 Å². The summed E-state index contributed by atoms with van der Waals surface area (Å²) in [6, 6.07) is 6.66. The summed E-state index contributed by atoms with van der Waals surface area (Å²) in [6.07, 6.45) is 1.65. The lowest BCUT2D eigenvalue weighted by atomic mass is 10.2. The van der Waals surface area contributed by atoms with Crippen molar-refractivity contribution >= 4 is 10.0 Å². The summed E-state index contributed by atoms with van der Waals surface area (Å²) in [5.41, 5.74) is 1.02.